The van der Waals surface area contributed by atoms with Gasteiger partial charge in [0.2, 0.25) is 16.1 Å². The van der Waals surface area contributed by atoms with Crippen molar-refractivity contribution in [2.45, 2.75) is 24.0 Å². The monoisotopic (exact) mass is 431 g/mol. The fourth-order valence-corrected chi connectivity index (χ4v) is 4.93. The summed E-state index contributed by atoms with van der Waals surface area (Å²) < 4.78 is 38.7. The van der Waals surface area contributed by atoms with Crippen LogP contribution in [0.2, 0.25) is 0 Å². The van der Waals surface area contributed by atoms with Gasteiger partial charge in [0.1, 0.15) is 6.10 Å². The number of nitrogens with one attached hydrogen (secondary N) is 1. The van der Waals surface area contributed by atoms with Crippen molar-refractivity contribution < 1.29 is 22.7 Å². The zero-order valence-electron chi connectivity index (χ0n) is 16.9. The van der Waals surface area contributed by atoms with E-state index in [9.17, 15) is 13.2 Å². The minimum absolute atomic E-state index is 0.213. The van der Waals surface area contributed by atoms with E-state index in [1.54, 1.807) is 31.2 Å². The minimum atomic E-state index is -3.54. The Morgan fingerprint density at radius 1 is 0.967 bits per heavy atom. The first kappa shape index (κ1) is 20.6. The Hall–Kier alpha value is -2.62. The molecule has 0 saturated carbocycles. The number of benzene rings is 2. The molecule has 0 spiro atoms. The maximum atomic E-state index is 12.8. The Morgan fingerprint density at radius 3 is 2.20 bits per heavy atom. The SMILES string of the molecule is CC1Oc2ccccc2OC1C(=O)Nc1ccc(S(=O)(=O)N2CCN(C)CC2)cc1. The molecule has 0 bridgehead atoms. The largest absolute Gasteiger partial charge is 0.482 e. The molecular formula is C21H25N3O5S. The van der Waals surface area contributed by atoms with Crippen LogP contribution in [0.25, 0.3) is 0 Å². The molecule has 30 heavy (non-hydrogen) atoms. The van der Waals surface area contributed by atoms with Gasteiger partial charge < -0.3 is 19.7 Å². The number of rotatable bonds is 4. The lowest BCUT2D eigenvalue weighted by Gasteiger charge is -2.31. The Bertz CT molecular complexity index is 1020. The van der Waals surface area contributed by atoms with Crippen LogP contribution in [-0.2, 0) is 14.8 Å². The highest BCUT2D eigenvalue weighted by molar-refractivity contribution is 7.89. The molecule has 4 rings (SSSR count). The molecule has 0 aromatic heterocycles. The molecule has 1 amide bonds. The average molecular weight is 432 g/mol. The van der Waals surface area contributed by atoms with Crippen LogP contribution in [0.15, 0.2) is 53.4 Å². The number of amides is 1. The Balaban J connectivity index is 1.43. The van der Waals surface area contributed by atoms with E-state index >= 15 is 0 Å². The van der Waals surface area contributed by atoms with Gasteiger partial charge in [0, 0.05) is 31.9 Å². The number of anilines is 1. The molecule has 2 atom stereocenters. The van der Waals surface area contributed by atoms with Crippen LogP contribution in [0.1, 0.15) is 6.92 Å². The fourth-order valence-electron chi connectivity index (χ4n) is 3.51. The van der Waals surface area contributed by atoms with Crippen LogP contribution in [0, 0.1) is 0 Å². The summed E-state index contributed by atoms with van der Waals surface area (Å²) in [5, 5.41) is 2.78. The second kappa shape index (κ2) is 8.25. The number of para-hydroxylation sites is 2. The number of carbonyl (C=O) groups excluding carboxylic acids is 1. The van der Waals surface area contributed by atoms with Crippen molar-refractivity contribution in [2.75, 3.05) is 38.5 Å². The summed E-state index contributed by atoms with van der Waals surface area (Å²) in [6, 6.07) is 13.4. The zero-order valence-corrected chi connectivity index (χ0v) is 17.8. The molecule has 2 aliphatic rings. The summed E-state index contributed by atoms with van der Waals surface area (Å²) in [6.45, 7) is 4.12. The van der Waals surface area contributed by atoms with Crippen molar-refractivity contribution in [3.05, 3.63) is 48.5 Å². The molecule has 1 saturated heterocycles. The predicted molar refractivity (Wildman–Crippen MR) is 112 cm³/mol. The van der Waals surface area contributed by atoms with E-state index in [0.29, 0.717) is 43.4 Å². The molecule has 1 N–H and O–H groups in total. The summed E-state index contributed by atoms with van der Waals surface area (Å²) in [7, 11) is -1.57. The molecule has 2 aromatic carbocycles. The van der Waals surface area contributed by atoms with E-state index in [0.717, 1.165) is 0 Å². The number of ether oxygens (including phenoxy) is 2. The summed E-state index contributed by atoms with van der Waals surface area (Å²) in [4.78, 5) is 15.0. The summed E-state index contributed by atoms with van der Waals surface area (Å²) in [5.41, 5.74) is 0.493. The quantitative estimate of drug-likeness (QED) is 0.794. The van der Waals surface area contributed by atoms with Crippen LogP contribution in [0.4, 0.5) is 5.69 Å². The molecule has 2 aromatic rings. The summed E-state index contributed by atoms with van der Waals surface area (Å²) >= 11 is 0. The lowest BCUT2D eigenvalue weighted by molar-refractivity contribution is -0.128. The molecule has 0 radical (unpaired) electrons. The molecule has 1 fully saturated rings. The average Bonchev–Trinajstić information content (AvgIpc) is 2.74. The molecular weight excluding hydrogens is 406 g/mol. The van der Waals surface area contributed by atoms with E-state index in [2.05, 4.69) is 10.2 Å². The maximum absolute atomic E-state index is 12.8. The van der Waals surface area contributed by atoms with Crippen LogP contribution >= 0.6 is 0 Å². The number of fused-ring (bicyclic) bond motifs is 1. The third-order valence-corrected chi connectivity index (χ3v) is 7.24. The normalized spacial score (nSPS) is 22.5. The molecule has 2 unspecified atom stereocenters. The Morgan fingerprint density at radius 2 is 1.57 bits per heavy atom. The van der Waals surface area contributed by atoms with Crippen molar-refractivity contribution in [2.24, 2.45) is 0 Å². The van der Waals surface area contributed by atoms with E-state index in [1.165, 1.54) is 16.4 Å². The second-order valence-corrected chi connectivity index (χ2v) is 9.47. The number of carbonyl (C=O) groups is 1. The second-order valence-electron chi connectivity index (χ2n) is 7.53. The van der Waals surface area contributed by atoms with E-state index in [4.69, 9.17) is 9.47 Å². The maximum Gasteiger partial charge on any atom is 0.269 e. The van der Waals surface area contributed by atoms with Gasteiger partial charge in [0.25, 0.3) is 5.91 Å². The van der Waals surface area contributed by atoms with Crippen LogP contribution in [0.3, 0.4) is 0 Å². The van der Waals surface area contributed by atoms with Gasteiger partial charge in [-0.25, -0.2) is 8.42 Å². The van der Waals surface area contributed by atoms with Gasteiger partial charge in [-0.1, -0.05) is 12.1 Å². The first-order valence-electron chi connectivity index (χ1n) is 9.86. The third-order valence-electron chi connectivity index (χ3n) is 5.32. The summed E-state index contributed by atoms with van der Waals surface area (Å²) in [5.74, 6) is 0.767. The molecule has 2 heterocycles. The van der Waals surface area contributed by atoms with Crippen LogP contribution in [-0.4, -0.2) is 69.0 Å². The minimum Gasteiger partial charge on any atom is -0.482 e. The molecule has 2 aliphatic heterocycles. The lowest BCUT2D eigenvalue weighted by atomic mass is 10.1. The van der Waals surface area contributed by atoms with Gasteiger partial charge in [0.15, 0.2) is 11.5 Å². The molecule has 160 valence electrons. The highest BCUT2D eigenvalue weighted by Crippen LogP contribution is 2.33. The zero-order chi connectivity index (χ0) is 21.3. The van der Waals surface area contributed by atoms with Gasteiger partial charge in [-0.15, -0.1) is 0 Å². The fraction of sp³-hybridized carbons (Fsp3) is 0.381. The number of hydrogen-bond acceptors (Lipinski definition) is 6. The van der Waals surface area contributed by atoms with Gasteiger partial charge >= 0.3 is 0 Å². The van der Waals surface area contributed by atoms with Gasteiger partial charge in [-0.05, 0) is 50.4 Å². The first-order chi connectivity index (χ1) is 14.3. The topological polar surface area (TPSA) is 88.2 Å². The lowest BCUT2D eigenvalue weighted by Crippen LogP contribution is -2.47. The predicted octanol–water partition coefficient (Wildman–Crippen LogP) is 1.79. The van der Waals surface area contributed by atoms with E-state index in [1.807, 2.05) is 19.2 Å². The van der Waals surface area contributed by atoms with Crippen LogP contribution in [0.5, 0.6) is 11.5 Å². The highest BCUT2D eigenvalue weighted by Gasteiger charge is 2.34. The summed E-state index contributed by atoms with van der Waals surface area (Å²) in [6.07, 6.45) is -1.27. The Kier molecular flexibility index (Phi) is 5.68. The van der Waals surface area contributed by atoms with Crippen LogP contribution < -0.4 is 14.8 Å². The standard InChI is InChI=1S/C21H25N3O5S/c1-15-20(29-19-6-4-3-5-18(19)28-15)21(25)22-16-7-9-17(10-8-16)30(26,27)24-13-11-23(2)12-14-24/h3-10,15,20H,11-14H2,1-2H3,(H,22,25). The molecule has 8 nitrogen and oxygen atoms in total. The Labute approximate surface area is 176 Å². The van der Waals surface area contributed by atoms with Gasteiger partial charge in [0.05, 0.1) is 4.90 Å². The number of hydrogen-bond donors (Lipinski definition) is 1. The van der Waals surface area contributed by atoms with Crippen molar-refractivity contribution in [3.8, 4) is 11.5 Å². The number of sulfonamides is 1. The van der Waals surface area contributed by atoms with Crippen molar-refractivity contribution >= 4 is 21.6 Å². The number of likely N-dealkylation sites (N-methyl/N-ethyl adjacent to an activating group) is 1. The van der Waals surface area contributed by atoms with E-state index < -0.39 is 22.2 Å². The van der Waals surface area contributed by atoms with E-state index in [-0.39, 0.29) is 10.8 Å². The number of nitrogens with zero attached hydrogens (tertiary/aromatic N) is 2. The smallest absolute Gasteiger partial charge is 0.269 e. The molecule has 0 aliphatic carbocycles. The van der Waals surface area contributed by atoms with Gasteiger partial charge in [-0.2, -0.15) is 4.31 Å². The van der Waals surface area contributed by atoms with Crippen molar-refractivity contribution in [3.63, 3.8) is 0 Å². The van der Waals surface area contributed by atoms with Crippen molar-refractivity contribution in [1.29, 1.82) is 0 Å². The third kappa shape index (κ3) is 4.14. The first-order valence-corrected chi connectivity index (χ1v) is 11.3. The van der Waals surface area contributed by atoms with Crippen molar-refractivity contribution in [1.82, 2.24) is 9.21 Å². The number of piperazine rings is 1. The molecule has 9 heteroatoms. The van der Waals surface area contributed by atoms with Gasteiger partial charge in [-0.3, -0.25) is 4.79 Å². The highest BCUT2D eigenvalue weighted by atomic mass is 32.2.